The predicted octanol–water partition coefficient (Wildman–Crippen LogP) is 3.78. The number of nitrogens with one attached hydrogen (secondary N) is 1. The average Bonchev–Trinajstić information content (AvgIpc) is 2.87. The van der Waals surface area contributed by atoms with Crippen molar-refractivity contribution in [3.63, 3.8) is 0 Å². The number of rotatable bonds is 5. The molecule has 1 unspecified atom stereocenters. The van der Waals surface area contributed by atoms with E-state index in [1.54, 1.807) is 13.4 Å². The number of benzene rings is 1. The Balaban J connectivity index is 2.48. The van der Waals surface area contributed by atoms with E-state index in [4.69, 9.17) is 9.15 Å². The van der Waals surface area contributed by atoms with Crippen LogP contribution in [-0.4, -0.2) is 14.2 Å². The fraction of sp³-hybridized carbons (Fsp3) is 0.412. The van der Waals surface area contributed by atoms with E-state index >= 15 is 0 Å². The average molecular weight is 273 g/mol. The van der Waals surface area contributed by atoms with Gasteiger partial charge in [-0.15, -0.1) is 0 Å². The van der Waals surface area contributed by atoms with Crippen LogP contribution in [0.1, 0.15) is 41.0 Å². The van der Waals surface area contributed by atoms with Gasteiger partial charge < -0.3 is 14.5 Å². The van der Waals surface area contributed by atoms with Crippen molar-refractivity contribution >= 4 is 0 Å². The molecular weight excluding hydrogens is 250 g/mol. The van der Waals surface area contributed by atoms with Crippen molar-refractivity contribution in [3.05, 3.63) is 52.5 Å². The minimum Gasteiger partial charge on any atom is -0.496 e. The molecule has 2 aromatic rings. The molecule has 1 aromatic heterocycles. The number of aryl methyl sites for hydroxylation is 3. The van der Waals surface area contributed by atoms with E-state index in [2.05, 4.69) is 44.3 Å². The van der Waals surface area contributed by atoms with Crippen LogP contribution in [0, 0.1) is 13.8 Å². The monoisotopic (exact) mass is 273 g/mol. The first kappa shape index (κ1) is 14.7. The van der Waals surface area contributed by atoms with E-state index < -0.39 is 0 Å². The molecule has 0 bridgehead atoms. The standard InChI is InChI=1S/C17H23NO2/c1-6-15-14(7-8-20-15)16(18-4)13-9-11(2)17(19-5)12(3)10-13/h7-10,16,18H,6H2,1-5H3. The maximum absolute atomic E-state index is 5.56. The van der Waals surface area contributed by atoms with E-state index in [9.17, 15) is 0 Å². The summed E-state index contributed by atoms with van der Waals surface area (Å²) in [7, 11) is 3.70. The molecule has 0 aliphatic carbocycles. The number of methoxy groups -OCH3 is 1. The normalized spacial score (nSPS) is 12.4. The Bertz CT molecular complexity index is 563. The zero-order valence-corrected chi connectivity index (χ0v) is 12.9. The van der Waals surface area contributed by atoms with Gasteiger partial charge in [0, 0.05) is 12.0 Å². The molecule has 20 heavy (non-hydrogen) atoms. The van der Waals surface area contributed by atoms with E-state index in [0.717, 1.165) is 29.1 Å². The van der Waals surface area contributed by atoms with Gasteiger partial charge in [-0.05, 0) is 43.7 Å². The van der Waals surface area contributed by atoms with Crippen molar-refractivity contribution in [1.82, 2.24) is 5.32 Å². The molecule has 2 rings (SSSR count). The van der Waals surface area contributed by atoms with Crippen LogP contribution in [0.2, 0.25) is 0 Å². The Morgan fingerprint density at radius 2 is 1.90 bits per heavy atom. The molecule has 0 fully saturated rings. The Morgan fingerprint density at radius 1 is 1.25 bits per heavy atom. The Kier molecular flexibility index (Phi) is 4.50. The van der Waals surface area contributed by atoms with Crippen LogP contribution in [-0.2, 0) is 6.42 Å². The van der Waals surface area contributed by atoms with Crippen molar-refractivity contribution in [2.75, 3.05) is 14.2 Å². The molecule has 0 amide bonds. The zero-order chi connectivity index (χ0) is 14.7. The molecule has 1 heterocycles. The second-order valence-electron chi connectivity index (χ2n) is 5.06. The molecule has 0 aliphatic heterocycles. The van der Waals surface area contributed by atoms with E-state index in [1.807, 2.05) is 7.05 Å². The second kappa shape index (κ2) is 6.14. The lowest BCUT2D eigenvalue weighted by Crippen LogP contribution is -2.18. The molecule has 3 heteroatoms. The number of hydrogen-bond acceptors (Lipinski definition) is 3. The number of furan rings is 1. The van der Waals surface area contributed by atoms with Gasteiger partial charge in [-0.3, -0.25) is 0 Å². The smallest absolute Gasteiger partial charge is 0.124 e. The molecule has 108 valence electrons. The second-order valence-corrected chi connectivity index (χ2v) is 5.06. The van der Waals surface area contributed by atoms with Gasteiger partial charge >= 0.3 is 0 Å². The summed E-state index contributed by atoms with van der Waals surface area (Å²) >= 11 is 0. The highest BCUT2D eigenvalue weighted by Crippen LogP contribution is 2.31. The fourth-order valence-corrected chi connectivity index (χ4v) is 2.87. The Morgan fingerprint density at radius 3 is 2.40 bits per heavy atom. The summed E-state index contributed by atoms with van der Waals surface area (Å²) in [5.74, 6) is 2.00. The Labute approximate surface area is 121 Å². The third kappa shape index (κ3) is 2.59. The molecule has 1 N–H and O–H groups in total. The third-order valence-electron chi connectivity index (χ3n) is 3.72. The summed E-state index contributed by atoms with van der Waals surface area (Å²) < 4.78 is 11.0. The van der Waals surface area contributed by atoms with Gasteiger partial charge in [0.2, 0.25) is 0 Å². The molecule has 1 atom stereocenters. The van der Waals surface area contributed by atoms with E-state index in [-0.39, 0.29) is 6.04 Å². The molecule has 0 spiro atoms. The van der Waals surface area contributed by atoms with Gasteiger partial charge in [-0.2, -0.15) is 0 Å². The van der Waals surface area contributed by atoms with Crippen molar-refractivity contribution in [2.24, 2.45) is 0 Å². The third-order valence-corrected chi connectivity index (χ3v) is 3.72. The summed E-state index contributed by atoms with van der Waals surface area (Å²) in [4.78, 5) is 0. The van der Waals surface area contributed by atoms with E-state index in [0.29, 0.717) is 0 Å². The van der Waals surface area contributed by atoms with Crippen molar-refractivity contribution < 1.29 is 9.15 Å². The van der Waals surface area contributed by atoms with Gasteiger partial charge in [0.1, 0.15) is 11.5 Å². The van der Waals surface area contributed by atoms with Crippen LogP contribution in [0.5, 0.6) is 5.75 Å². The summed E-state index contributed by atoms with van der Waals surface area (Å²) in [6, 6.07) is 6.56. The van der Waals surface area contributed by atoms with Crippen LogP contribution in [0.25, 0.3) is 0 Å². The topological polar surface area (TPSA) is 34.4 Å². The molecule has 0 saturated heterocycles. The minimum atomic E-state index is 0.145. The van der Waals surface area contributed by atoms with Gasteiger partial charge in [0.25, 0.3) is 0 Å². The summed E-state index contributed by atoms with van der Waals surface area (Å²) in [6.45, 7) is 6.27. The summed E-state index contributed by atoms with van der Waals surface area (Å²) in [5, 5.41) is 3.39. The number of hydrogen-bond donors (Lipinski definition) is 1. The van der Waals surface area contributed by atoms with E-state index in [1.165, 1.54) is 11.1 Å². The maximum atomic E-state index is 5.56. The number of ether oxygens (including phenoxy) is 1. The molecule has 1 aromatic carbocycles. The van der Waals surface area contributed by atoms with Gasteiger partial charge in [0.05, 0.1) is 19.4 Å². The van der Waals surface area contributed by atoms with Crippen molar-refractivity contribution in [3.8, 4) is 5.75 Å². The lowest BCUT2D eigenvalue weighted by atomic mass is 9.95. The van der Waals surface area contributed by atoms with Crippen LogP contribution in [0.3, 0.4) is 0 Å². The SMILES string of the molecule is CCc1occc1C(NC)c1cc(C)c(OC)c(C)c1. The molecule has 3 nitrogen and oxygen atoms in total. The molecule has 0 radical (unpaired) electrons. The van der Waals surface area contributed by atoms with Crippen LogP contribution in [0.4, 0.5) is 0 Å². The van der Waals surface area contributed by atoms with Crippen LogP contribution < -0.4 is 10.1 Å². The maximum Gasteiger partial charge on any atom is 0.124 e. The summed E-state index contributed by atoms with van der Waals surface area (Å²) in [5.41, 5.74) is 4.76. The predicted molar refractivity (Wildman–Crippen MR) is 81.5 cm³/mol. The van der Waals surface area contributed by atoms with Gasteiger partial charge in [-0.25, -0.2) is 0 Å². The van der Waals surface area contributed by atoms with Crippen molar-refractivity contribution in [2.45, 2.75) is 33.2 Å². The molecule has 0 saturated carbocycles. The highest BCUT2D eigenvalue weighted by Gasteiger charge is 2.19. The van der Waals surface area contributed by atoms with Crippen LogP contribution >= 0.6 is 0 Å². The minimum absolute atomic E-state index is 0.145. The largest absolute Gasteiger partial charge is 0.496 e. The zero-order valence-electron chi connectivity index (χ0n) is 12.9. The molecule has 0 aliphatic rings. The first-order valence-electron chi connectivity index (χ1n) is 7.01. The Hall–Kier alpha value is -1.74. The first-order valence-corrected chi connectivity index (χ1v) is 7.01. The van der Waals surface area contributed by atoms with Gasteiger partial charge in [0.15, 0.2) is 0 Å². The van der Waals surface area contributed by atoms with Crippen LogP contribution in [0.15, 0.2) is 28.9 Å². The highest BCUT2D eigenvalue weighted by molar-refractivity contribution is 5.46. The molecular formula is C17H23NO2. The lowest BCUT2D eigenvalue weighted by Gasteiger charge is -2.19. The lowest BCUT2D eigenvalue weighted by molar-refractivity contribution is 0.408. The first-order chi connectivity index (χ1) is 9.62. The fourth-order valence-electron chi connectivity index (χ4n) is 2.87. The summed E-state index contributed by atoms with van der Waals surface area (Å²) in [6.07, 6.45) is 2.66. The highest BCUT2D eigenvalue weighted by atomic mass is 16.5. The van der Waals surface area contributed by atoms with Gasteiger partial charge in [-0.1, -0.05) is 19.1 Å². The van der Waals surface area contributed by atoms with Crippen molar-refractivity contribution in [1.29, 1.82) is 0 Å². The quantitative estimate of drug-likeness (QED) is 0.900.